The third-order valence-electron chi connectivity index (χ3n) is 3.03. The van der Waals surface area contributed by atoms with Gasteiger partial charge in [0.25, 0.3) is 0 Å². The maximum atomic E-state index is 4.38. The molecule has 0 radical (unpaired) electrons. The van der Waals surface area contributed by atoms with Crippen molar-refractivity contribution in [2.45, 2.75) is 20.4 Å². The van der Waals surface area contributed by atoms with Crippen molar-refractivity contribution in [2.75, 3.05) is 26.7 Å². The van der Waals surface area contributed by atoms with Crippen LogP contribution >= 0.6 is 0 Å². The van der Waals surface area contributed by atoms with Crippen LogP contribution in [0.25, 0.3) is 5.65 Å². The fourth-order valence-electron chi connectivity index (χ4n) is 1.79. The lowest BCUT2D eigenvalue weighted by Crippen LogP contribution is -2.28. The van der Waals surface area contributed by atoms with Gasteiger partial charge in [0, 0.05) is 43.7 Å². The minimum absolute atomic E-state index is 0.833. The monoisotopic (exact) mass is 247 g/mol. The second kappa shape index (κ2) is 5.93. The van der Waals surface area contributed by atoms with Crippen molar-refractivity contribution in [1.29, 1.82) is 0 Å². The summed E-state index contributed by atoms with van der Waals surface area (Å²) in [6.07, 6.45) is 3.94. The number of rotatable bonds is 6. The van der Waals surface area contributed by atoms with Gasteiger partial charge in [-0.25, -0.2) is 9.50 Å². The molecule has 0 atom stereocenters. The van der Waals surface area contributed by atoms with E-state index in [1.165, 1.54) is 0 Å². The molecule has 0 amide bonds. The molecule has 0 aromatic carbocycles. The average Bonchev–Trinajstić information content (AvgIpc) is 2.73. The molecule has 0 fully saturated rings. The topological polar surface area (TPSA) is 45.5 Å². The Labute approximate surface area is 108 Å². The summed E-state index contributed by atoms with van der Waals surface area (Å²) in [7, 11) is 2.13. The van der Waals surface area contributed by atoms with Crippen molar-refractivity contribution in [3.63, 3.8) is 0 Å². The normalized spacial score (nSPS) is 11.6. The number of hydrogen-bond acceptors (Lipinski definition) is 4. The molecule has 0 aliphatic rings. The van der Waals surface area contributed by atoms with Crippen molar-refractivity contribution in [1.82, 2.24) is 24.8 Å². The Kier molecular flexibility index (Phi) is 4.28. The van der Waals surface area contributed by atoms with Crippen molar-refractivity contribution >= 4 is 5.65 Å². The summed E-state index contributed by atoms with van der Waals surface area (Å²) in [6.45, 7) is 8.11. The standard InChI is InChI=1S/C13H21N5/c1-4-17(3)6-5-14-8-12-9-15-13-7-11(2)16-18(13)10-12/h7,9-10,14H,4-6,8H2,1-3H3. The van der Waals surface area contributed by atoms with Crippen molar-refractivity contribution in [3.05, 3.63) is 29.7 Å². The van der Waals surface area contributed by atoms with Crippen molar-refractivity contribution in [2.24, 2.45) is 0 Å². The Balaban J connectivity index is 1.87. The largest absolute Gasteiger partial charge is 0.311 e. The van der Waals surface area contributed by atoms with Crippen LogP contribution in [0.3, 0.4) is 0 Å². The molecule has 0 aliphatic heterocycles. The van der Waals surface area contributed by atoms with E-state index in [1.54, 1.807) is 0 Å². The third kappa shape index (κ3) is 3.27. The number of aryl methyl sites for hydroxylation is 1. The van der Waals surface area contributed by atoms with Crippen LogP contribution < -0.4 is 5.32 Å². The second-order valence-corrected chi connectivity index (χ2v) is 4.62. The van der Waals surface area contributed by atoms with E-state index in [2.05, 4.69) is 34.3 Å². The van der Waals surface area contributed by atoms with Crippen LogP contribution in [0.2, 0.25) is 0 Å². The summed E-state index contributed by atoms with van der Waals surface area (Å²) in [4.78, 5) is 6.67. The van der Waals surface area contributed by atoms with Gasteiger partial charge in [0.05, 0.1) is 5.69 Å². The van der Waals surface area contributed by atoms with Gasteiger partial charge in [0.15, 0.2) is 5.65 Å². The summed E-state index contributed by atoms with van der Waals surface area (Å²) in [5, 5.41) is 7.78. The minimum Gasteiger partial charge on any atom is -0.311 e. The zero-order chi connectivity index (χ0) is 13.0. The molecule has 2 rings (SSSR count). The first kappa shape index (κ1) is 13.0. The lowest BCUT2D eigenvalue weighted by Gasteiger charge is -2.13. The van der Waals surface area contributed by atoms with E-state index in [0.29, 0.717) is 0 Å². The lowest BCUT2D eigenvalue weighted by molar-refractivity contribution is 0.349. The van der Waals surface area contributed by atoms with Crippen LogP contribution in [0.1, 0.15) is 18.2 Å². The molecule has 2 heterocycles. The maximum absolute atomic E-state index is 4.38. The molecule has 5 nitrogen and oxygen atoms in total. The zero-order valence-corrected chi connectivity index (χ0v) is 11.3. The number of aromatic nitrogens is 3. The fourth-order valence-corrected chi connectivity index (χ4v) is 1.79. The highest BCUT2D eigenvalue weighted by molar-refractivity contribution is 5.38. The molecular formula is C13H21N5. The van der Waals surface area contributed by atoms with Gasteiger partial charge >= 0.3 is 0 Å². The summed E-state index contributed by atoms with van der Waals surface area (Å²) in [5.41, 5.74) is 3.06. The van der Waals surface area contributed by atoms with Gasteiger partial charge in [0.1, 0.15) is 0 Å². The molecule has 0 saturated carbocycles. The Morgan fingerprint density at radius 3 is 3.06 bits per heavy atom. The summed E-state index contributed by atoms with van der Waals surface area (Å²) in [5.74, 6) is 0. The van der Waals surface area contributed by atoms with E-state index in [4.69, 9.17) is 0 Å². The molecule has 0 spiro atoms. The van der Waals surface area contributed by atoms with Gasteiger partial charge in [-0.05, 0) is 20.5 Å². The van der Waals surface area contributed by atoms with Gasteiger partial charge in [-0.1, -0.05) is 6.92 Å². The van der Waals surface area contributed by atoms with Gasteiger partial charge in [-0.15, -0.1) is 0 Å². The van der Waals surface area contributed by atoms with E-state index in [9.17, 15) is 0 Å². The van der Waals surface area contributed by atoms with E-state index in [0.717, 1.165) is 43.1 Å². The predicted octanol–water partition coefficient (Wildman–Crippen LogP) is 1.08. The zero-order valence-electron chi connectivity index (χ0n) is 11.3. The fraction of sp³-hybridized carbons (Fsp3) is 0.538. The van der Waals surface area contributed by atoms with E-state index in [1.807, 2.05) is 29.9 Å². The van der Waals surface area contributed by atoms with Crippen LogP contribution in [-0.2, 0) is 6.54 Å². The Bertz CT molecular complexity index is 505. The molecule has 0 saturated heterocycles. The van der Waals surface area contributed by atoms with Crippen LogP contribution in [0, 0.1) is 6.92 Å². The number of fused-ring (bicyclic) bond motifs is 1. The molecule has 2 aromatic rings. The smallest absolute Gasteiger partial charge is 0.155 e. The molecule has 0 bridgehead atoms. The first-order valence-electron chi connectivity index (χ1n) is 6.39. The van der Waals surface area contributed by atoms with E-state index < -0.39 is 0 Å². The highest BCUT2D eigenvalue weighted by atomic mass is 15.2. The molecule has 1 N–H and O–H groups in total. The maximum Gasteiger partial charge on any atom is 0.155 e. The molecule has 0 unspecified atom stereocenters. The van der Waals surface area contributed by atoms with E-state index in [-0.39, 0.29) is 0 Å². The Morgan fingerprint density at radius 2 is 2.28 bits per heavy atom. The number of hydrogen-bond donors (Lipinski definition) is 1. The SMILES string of the molecule is CCN(C)CCNCc1cnc2cc(C)nn2c1. The molecule has 98 valence electrons. The summed E-state index contributed by atoms with van der Waals surface area (Å²) >= 11 is 0. The number of nitrogens with zero attached hydrogens (tertiary/aromatic N) is 4. The third-order valence-corrected chi connectivity index (χ3v) is 3.03. The highest BCUT2D eigenvalue weighted by Crippen LogP contribution is 2.04. The summed E-state index contributed by atoms with van der Waals surface area (Å²) < 4.78 is 1.84. The Hall–Kier alpha value is -1.46. The quantitative estimate of drug-likeness (QED) is 0.776. The number of likely N-dealkylation sites (N-methyl/N-ethyl adjacent to an activating group) is 1. The molecule has 5 heteroatoms. The first-order valence-corrected chi connectivity index (χ1v) is 6.39. The number of nitrogens with one attached hydrogen (secondary N) is 1. The lowest BCUT2D eigenvalue weighted by atomic mass is 10.3. The Morgan fingerprint density at radius 1 is 1.44 bits per heavy atom. The van der Waals surface area contributed by atoms with Gasteiger partial charge in [-0.2, -0.15) is 5.10 Å². The molecule has 2 aromatic heterocycles. The highest BCUT2D eigenvalue weighted by Gasteiger charge is 2.00. The van der Waals surface area contributed by atoms with Crippen LogP contribution in [0.4, 0.5) is 0 Å². The second-order valence-electron chi connectivity index (χ2n) is 4.62. The van der Waals surface area contributed by atoms with E-state index >= 15 is 0 Å². The van der Waals surface area contributed by atoms with Gasteiger partial charge < -0.3 is 10.2 Å². The average molecular weight is 247 g/mol. The molecule has 0 aliphatic carbocycles. The van der Waals surface area contributed by atoms with Gasteiger partial charge in [0.2, 0.25) is 0 Å². The summed E-state index contributed by atoms with van der Waals surface area (Å²) in [6, 6.07) is 1.98. The molecular weight excluding hydrogens is 226 g/mol. The first-order chi connectivity index (χ1) is 8.69. The van der Waals surface area contributed by atoms with Crippen molar-refractivity contribution in [3.8, 4) is 0 Å². The van der Waals surface area contributed by atoms with Crippen LogP contribution in [0.5, 0.6) is 0 Å². The van der Waals surface area contributed by atoms with Gasteiger partial charge in [-0.3, -0.25) is 0 Å². The van der Waals surface area contributed by atoms with Crippen molar-refractivity contribution < 1.29 is 0 Å². The van der Waals surface area contributed by atoms with Crippen LogP contribution in [-0.4, -0.2) is 46.2 Å². The minimum atomic E-state index is 0.833. The predicted molar refractivity (Wildman–Crippen MR) is 72.6 cm³/mol. The molecule has 18 heavy (non-hydrogen) atoms. The van der Waals surface area contributed by atoms with Crippen LogP contribution in [0.15, 0.2) is 18.5 Å².